The first-order valence-corrected chi connectivity index (χ1v) is 10.9. The van der Waals surface area contributed by atoms with Crippen molar-refractivity contribution in [3.63, 3.8) is 0 Å². The van der Waals surface area contributed by atoms with Gasteiger partial charge in [-0.25, -0.2) is 4.98 Å². The van der Waals surface area contributed by atoms with Crippen LogP contribution in [0.25, 0.3) is 21.6 Å². The molecule has 2 aromatic heterocycles. The van der Waals surface area contributed by atoms with Crippen molar-refractivity contribution in [2.75, 3.05) is 18.2 Å². The van der Waals surface area contributed by atoms with Crippen LogP contribution in [0.5, 0.6) is 5.75 Å². The fraction of sp³-hybridized carbons (Fsp3) is 0.143. The van der Waals surface area contributed by atoms with E-state index in [9.17, 15) is 4.79 Å². The third-order valence-electron chi connectivity index (χ3n) is 4.25. The summed E-state index contributed by atoms with van der Waals surface area (Å²) in [6.07, 6.45) is 1.78. The van der Waals surface area contributed by atoms with Crippen LogP contribution in [0.1, 0.15) is 0 Å². The highest BCUT2D eigenvalue weighted by Gasteiger charge is 2.16. The van der Waals surface area contributed by atoms with Gasteiger partial charge in [0.1, 0.15) is 5.75 Å². The number of benzene rings is 2. The number of fused-ring (bicyclic) bond motifs is 1. The summed E-state index contributed by atoms with van der Waals surface area (Å²) in [4.78, 5) is 16.9. The highest BCUT2D eigenvalue weighted by Crippen LogP contribution is 2.27. The van der Waals surface area contributed by atoms with Gasteiger partial charge in [-0.1, -0.05) is 41.3 Å². The maximum atomic E-state index is 12.4. The van der Waals surface area contributed by atoms with Crippen LogP contribution >= 0.6 is 23.1 Å². The van der Waals surface area contributed by atoms with Crippen molar-refractivity contribution in [2.24, 2.45) is 0 Å². The predicted molar refractivity (Wildman–Crippen MR) is 121 cm³/mol. The number of thioether (sulfide) groups is 1. The number of methoxy groups -OCH3 is 1. The number of aromatic nitrogens is 4. The molecule has 0 fully saturated rings. The van der Waals surface area contributed by atoms with Crippen LogP contribution in [-0.4, -0.2) is 38.5 Å². The van der Waals surface area contributed by atoms with Gasteiger partial charge in [-0.15, -0.1) is 16.8 Å². The van der Waals surface area contributed by atoms with Gasteiger partial charge in [-0.05, 0) is 36.4 Å². The minimum Gasteiger partial charge on any atom is -0.497 e. The van der Waals surface area contributed by atoms with E-state index in [1.165, 1.54) is 23.1 Å². The quantitative estimate of drug-likeness (QED) is 0.323. The summed E-state index contributed by atoms with van der Waals surface area (Å²) in [5.74, 6) is 1.55. The summed E-state index contributed by atoms with van der Waals surface area (Å²) in [5.41, 5.74) is 1.79. The number of hydrogen-bond donors (Lipinski definition) is 1. The predicted octanol–water partition coefficient (Wildman–Crippen LogP) is 4.48. The minimum atomic E-state index is -0.141. The Balaban J connectivity index is 1.46. The second-order valence-corrected chi connectivity index (χ2v) is 8.23. The molecule has 1 amide bonds. The van der Waals surface area contributed by atoms with Gasteiger partial charge in [0.05, 0.1) is 23.1 Å². The Hall–Kier alpha value is -3.17. The number of nitrogens with one attached hydrogen (secondary N) is 1. The lowest BCUT2D eigenvalue weighted by molar-refractivity contribution is -0.113. The smallest absolute Gasteiger partial charge is 0.236 e. The van der Waals surface area contributed by atoms with E-state index in [2.05, 4.69) is 27.1 Å². The molecule has 0 spiro atoms. The first-order valence-electron chi connectivity index (χ1n) is 9.14. The number of nitrogens with zero attached hydrogens (tertiary/aromatic N) is 4. The molecule has 0 bridgehead atoms. The molecule has 4 rings (SSSR count). The number of rotatable bonds is 8. The zero-order valence-corrected chi connectivity index (χ0v) is 17.9. The van der Waals surface area contributed by atoms with E-state index >= 15 is 0 Å². The summed E-state index contributed by atoms with van der Waals surface area (Å²) in [7, 11) is 1.63. The molecule has 0 saturated carbocycles. The van der Waals surface area contributed by atoms with E-state index in [4.69, 9.17) is 4.74 Å². The van der Waals surface area contributed by atoms with Gasteiger partial charge in [-0.3, -0.25) is 9.36 Å². The second-order valence-electron chi connectivity index (χ2n) is 6.26. The summed E-state index contributed by atoms with van der Waals surface area (Å²) in [5, 5.41) is 12.7. The Bertz CT molecular complexity index is 1150. The van der Waals surface area contributed by atoms with Gasteiger partial charge < -0.3 is 10.1 Å². The van der Waals surface area contributed by atoms with Crippen molar-refractivity contribution >= 4 is 44.4 Å². The normalized spacial score (nSPS) is 10.8. The lowest BCUT2D eigenvalue weighted by Crippen LogP contribution is -2.14. The number of carbonyl (C=O) groups is 1. The number of para-hydroxylation sites is 1. The molecule has 0 radical (unpaired) electrons. The molecular weight excluding hydrogens is 418 g/mol. The van der Waals surface area contributed by atoms with E-state index < -0.39 is 0 Å². The van der Waals surface area contributed by atoms with Gasteiger partial charge in [0.15, 0.2) is 16.1 Å². The second kappa shape index (κ2) is 9.10. The topological polar surface area (TPSA) is 81.9 Å². The van der Waals surface area contributed by atoms with Gasteiger partial charge in [0.2, 0.25) is 5.91 Å². The summed E-state index contributed by atoms with van der Waals surface area (Å²) < 4.78 is 8.18. The molecule has 0 aliphatic carbocycles. The Morgan fingerprint density at radius 2 is 2.03 bits per heavy atom. The molecule has 0 atom stereocenters. The van der Waals surface area contributed by atoms with Crippen molar-refractivity contribution in [1.82, 2.24) is 19.7 Å². The monoisotopic (exact) mass is 437 g/mol. The zero-order valence-electron chi connectivity index (χ0n) is 16.2. The lowest BCUT2D eigenvalue weighted by Gasteiger charge is -2.08. The number of allylic oxidation sites excluding steroid dienone is 1. The molecule has 0 aliphatic rings. The van der Waals surface area contributed by atoms with Gasteiger partial charge >= 0.3 is 0 Å². The standard InChI is InChI=1S/C21H19N5O2S2/c1-3-12-26-19(14-8-10-15(28-2)11-9-14)24-25-21(26)29-13-18(27)23-20-22-16-6-4-5-7-17(16)30-20/h3-11H,1,12-13H2,2H3,(H,22,23,27). The van der Waals surface area contributed by atoms with Crippen LogP contribution < -0.4 is 10.1 Å². The Morgan fingerprint density at radius 3 is 2.77 bits per heavy atom. The highest BCUT2D eigenvalue weighted by molar-refractivity contribution is 7.99. The van der Waals surface area contributed by atoms with Crippen LogP contribution in [0.2, 0.25) is 0 Å². The summed E-state index contributed by atoms with van der Waals surface area (Å²) >= 11 is 2.78. The molecule has 2 aromatic carbocycles. The molecule has 1 N–H and O–H groups in total. The molecule has 4 aromatic rings. The van der Waals surface area contributed by atoms with Gasteiger partial charge in [0, 0.05) is 12.1 Å². The molecule has 0 saturated heterocycles. The van der Waals surface area contributed by atoms with Crippen LogP contribution in [0.3, 0.4) is 0 Å². The van der Waals surface area contributed by atoms with Crippen molar-refractivity contribution in [3.05, 3.63) is 61.2 Å². The maximum absolute atomic E-state index is 12.4. The number of thiazole rings is 1. The minimum absolute atomic E-state index is 0.141. The number of hydrogen-bond acceptors (Lipinski definition) is 7. The average molecular weight is 438 g/mol. The van der Waals surface area contributed by atoms with Crippen molar-refractivity contribution in [2.45, 2.75) is 11.7 Å². The van der Waals surface area contributed by atoms with Crippen LogP contribution in [-0.2, 0) is 11.3 Å². The number of amides is 1. The van der Waals surface area contributed by atoms with E-state index in [1.807, 2.05) is 53.1 Å². The Morgan fingerprint density at radius 1 is 1.23 bits per heavy atom. The molecule has 0 unspecified atom stereocenters. The molecule has 2 heterocycles. The fourth-order valence-corrected chi connectivity index (χ4v) is 4.48. The van der Waals surface area contributed by atoms with Crippen molar-refractivity contribution < 1.29 is 9.53 Å². The van der Waals surface area contributed by atoms with Gasteiger partial charge in [0.25, 0.3) is 0 Å². The molecule has 30 heavy (non-hydrogen) atoms. The van der Waals surface area contributed by atoms with E-state index in [0.29, 0.717) is 22.7 Å². The third-order valence-corrected chi connectivity index (χ3v) is 6.17. The van der Waals surface area contributed by atoms with E-state index in [-0.39, 0.29) is 11.7 Å². The highest BCUT2D eigenvalue weighted by atomic mass is 32.2. The lowest BCUT2D eigenvalue weighted by atomic mass is 10.2. The number of anilines is 1. The fourth-order valence-electron chi connectivity index (χ4n) is 2.85. The molecule has 7 nitrogen and oxygen atoms in total. The van der Waals surface area contributed by atoms with Crippen molar-refractivity contribution in [3.8, 4) is 17.1 Å². The Labute approximate surface area is 181 Å². The van der Waals surface area contributed by atoms with E-state index in [0.717, 1.165) is 21.5 Å². The average Bonchev–Trinajstić information content (AvgIpc) is 3.36. The number of carbonyl (C=O) groups excluding carboxylic acids is 1. The largest absolute Gasteiger partial charge is 0.497 e. The summed E-state index contributed by atoms with van der Waals surface area (Å²) in [6.45, 7) is 4.36. The summed E-state index contributed by atoms with van der Waals surface area (Å²) in [6, 6.07) is 15.4. The van der Waals surface area contributed by atoms with Crippen molar-refractivity contribution in [1.29, 1.82) is 0 Å². The van der Waals surface area contributed by atoms with Crippen LogP contribution in [0, 0.1) is 0 Å². The van der Waals surface area contributed by atoms with Gasteiger partial charge in [-0.2, -0.15) is 0 Å². The molecule has 9 heteroatoms. The zero-order chi connectivity index (χ0) is 20.9. The van der Waals surface area contributed by atoms with E-state index in [1.54, 1.807) is 13.2 Å². The molecular formula is C21H19N5O2S2. The number of ether oxygens (including phenoxy) is 1. The van der Waals surface area contributed by atoms with Crippen LogP contribution in [0.15, 0.2) is 66.3 Å². The first kappa shape index (κ1) is 20.1. The molecule has 0 aliphatic heterocycles. The Kier molecular flexibility index (Phi) is 6.10. The first-order chi connectivity index (χ1) is 14.7. The molecule has 152 valence electrons. The maximum Gasteiger partial charge on any atom is 0.236 e. The van der Waals surface area contributed by atoms with Crippen LogP contribution in [0.4, 0.5) is 5.13 Å². The SMILES string of the molecule is C=CCn1c(SCC(=O)Nc2nc3ccccc3s2)nnc1-c1ccc(OC)cc1. The third kappa shape index (κ3) is 4.37.